The maximum Gasteiger partial charge on any atom is 0.232 e. The molecular weight excluding hydrogens is 474 g/mol. The summed E-state index contributed by atoms with van der Waals surface area (Å²) in [6.45, 7) is 3.29. The topological polar surface area (TPSA) is 96.3 Å². The molecule has 3 heterocycles. The molecule has 1 aromatic carbocycles. The number of sulfonamides is 1. The zero-order valence-corrected chi connectivity index (χ0v) is 22.0. The lowest BCUT2D eigenvalue weighted by atomic mass is 10.1. The largest absolute Gasteiger partial charge is 0.324 e. The molecule has 1 aliphatic heterocycles. The van der Waals surface area contributed by atoms with Crippen LogP contribution in [0.15, 0.2) is 36.7 Å². The van der Waals surface area contributed by atoms with Crippen LogP contribution < -0.4 is 9.62 Å². The van der Waals surface area contributed by atoms with E-state index in [0.29, 0.717) is 24.2 Å². The van der Waals surface area contributed by atoms with Crippen molar-refractivity contribution in [3.8, 4) is 0 Å². The summed E-state index contributed by atoms with van der Waals surface area (Å²) in [6, 6.07) is 7.83. The Bertz CT molecular complexity index is 1250. The Hall–Kier alpha value is -2.72. The molecule has 3 aromatic rings. The Morgan fingerprint density at radius 2 is 1.67 bits per heavy atom. The summed E-state index contributed by atoms with van der Waals surface area (Å²) in [5.41, 5.74) is 2.34. The number of benzene rings is 1. The molecule has 2 aromatic heterocycles. The van der Waals surface area contributed by atoms with Gasteiger partial charge in [0.05, 0.1) is 29.6 Å². The number of anilines is 3. The van der Waals surface area contributed by atoms with Crippen LogP contribution in [0.4, 0.5) is 17.3 Å². The molecular formula is C26H37N7O2S. The fraction of sp³-hybridized carbons (Fsp3) is 0.577. The molecule has 1 N–H and O–H groups in total. The van der Waals surface area contributed by atoms with E-state index in [2.05, 4.69) is 25.0 Å². The van der Waals surface area contributed by atoms with E-state index >= 15 is 0 Å². The van der Waals surface area contributed by atoms with Crippen LogP contribution in [-0.4, -0.2) is 65.5 Å². The average Bonchev–Trinajstić information content (AvgIpc) is 3.10. The molecule has 0 unspecified atom stereocenters. The number of rotatable bonds is 8. The van der Waals surface area contributed by atoms with Gasteiger partial charge in [-0.3, -0.25) is 4.31 Å². The smallest absolute Gasteiger partial charge is 0.232 e. The molecule has 194 valence electrons. The first-order valence-corrected chi connectivity index (χ1v) is 15.1. The normalized spacial score (nSPS) is 18.2. The van der Waals surface area contributed by atoms with Crippen molar-refractivity contribution in [2.75, 3.05) is 42.1 Å². The summed E-state index contributed by atoms with van der Waals surface area (Å²) in [6.07, 6.45) is 15.9. The van der Waals surface area contributed by atoms with E-state index in [9.17, 15) is 8.42 Å². The summed E-state index contributed by atoms with van der Waals surface area (Å²) in [7, 11) is -3.37. The predicted octanol–water partition coefficient (Wildman–Crippen LogP) is 4.72. The monoisotopic (exact) mass is 511 g/mol. The molecule has 2 fully saturated rings. The predicted molar refractivity (Wildman–Crippen MR) is 144 cm³/mol. The van der Waals surface area contributed by atoms with Crippen LogP contribution in [0.5, 0.6) is 0 Å². The molecule has 2 aliphatic rings. The van der Waals surface area contributed by atoms with Gasteiger partial charge in [-0.25, -0.2) is 18.1 Å². The van der Waals surface area contributed by atoms with Gasteiger partial charge in [0.2, 0.25) is 16.0 Å². The molecule has 0 radical (unpaired) electrons. The number of nitrogens with zero attached hydrogens (tertiary/aromatic N) is 6. The van der Waals surface area contributed by atoms with Gasteiger partial charge in [0.15, 0.2) is 5.65 Å². The zero-order valence-electron chi connectivity index (χ0n) is 21.1. The van der Waals surface area contributed by atoms with Crippen molar-refractivity contribution < 1.29 is 8.42 Å². The number of hydrogen-bond donors (Lipinski definition) is 1. The van der Waals surface area contributed by atoms with Gasteiger partial charge in [0.1, 0.15) is 0 Å². The van der Waals surface area contributed by atoms with Crippen LogP contribution in [0.2, 0.25) is 0 Å². The van der Waals surface area contributed by atoms with E-state index in [0.717, 1.165) is 49.2 Å². The Morgan fingerprint density at radius 1 is 0.972 bits per heavy atom. The van der Waals surface area contributed by atoms with Gasteiger partial charge in [0, 0.05) is 25.0 Å². The minimum atomic E-state index is -3.37. The molecule has 0 spiro atoms. The highest BCUT2D eigenvalue weighted by molar-refractivity contribution is 7.92. The van der Waals surface area contributed by atoms with Crippen LogP contribution in [-0.2, 0) is 10.0 Å². The Kier molecular flexibility index (Phi) is 7.71. The van der Waals surface area contributed by atoms with Crippen molar-refractivity contribution in [3.63, 3.8) is 0 Å². The van der Waals surface area contributed by atoms with Crippen molar-refractivity contribution >= 4 is 38.4 Å². The van der Waals surface area contributed by atoms with Gasteiger partial charge >= 0.3 is 0 Å². The van der Waals surface area contributed by atoms with Crippen LogP contribution in [0.3, 0.4) is 0 Å². The van der Waals surface area contributed by atoms with E-state index in [1.54, 1.807) is 0 Å². The number of fused-ring (bicyclic) bond motifs is 1. The lowest BCUT2D eigenvalue weighted by molar-refractivity contribution is 0.235. The summed E-state index contributed by atoms with van der Waals surface area (Å²) < 4.78 is 28.6. The summed E-state index contributed by atoms with van der Waals surface area (Å²) in [5, 5.41) is 8.85. The summed E-state index contributed by atoms with van der Waals surface area (Å²) in [4.78, 5) is 11.6. The van der Waals surface area contributed by atoms with Crippen LogP contribution in [0.25, 0.3) is 11.0 Å². The van der Waals surface area contributed by atoms with Crippen molar-refractivity contribution in [2.24, 2.45) is 0 Å². The number of aromatic nitrogens is 4. The third-order valence-electron chi connectivity index (χ3n) is 7.38. The van der Waals surface area contributed by atoms with E-state index in [1.165, 1.54) is 55.5 Å². The fourth-order valence-corrected chi connectivity index (χ4v) is 6.33. The van der Waals surface area contributed by atoms with Gasteiger partial charge in [-0.05, 0) is 63.0 Å². The minimum Gasteiger partial charge on any atom is -0.324 e. The third-order valence-corrected chi connectivity index (χ3v) is 8.58. The molecule has 10 heteroatoms. The number of likely N-dealkylation sites (tertiary alicyclic amines) is 1. The van der Waals surface area contributed by atoms with Gasteiger partial charge in [0.25, 0.3) is 0 Å². The highest BCUT2D eigenvalue weighted by Crippen LogP contribution is 2.29. The van der Waals surface area contributed by atoms with Crippen LogP contribution in [0.1, 0.15) is 63.8 Å². The fourth-order valence-electron chi connectivity index (χ4n) is 5.41. The first-order chi connectivity index (χ1) is 17.5. The quantitative estimate of drug-likeness (QED) is 0.437. The van der Waals surface area contributed by atoms with E-state index < -0.39 is 10.0 Å². The van der Waals surface area contributed by atoms with Crippen LogP contribution in [0, 0.1) is 0 Å². The number of nitrogens with one attached hydrogen (secondary N) is 1. The van der Waals surface area contributed by atoms with Gasteiger partial charge in [-0.2, -0.15) is 10.1 Å². The van der Waals surface area contributed by atoms with E-state index in [1.807, 2.05) is 36.7 Å². The second-order valence-corrected chi connectivity index (χ2v) is 12.0. The van der Waals surface area contributed by atoms with Crippen molar-refractivity contribution in [1.82, 2.24) is 24.6 Å². The molecule has 9 nitrogen and oxygen atoms in total. The van der Waals surface area contributed by atoms with Crippen LogP contribution >= 0.6 is 0 Å². The van der Waals surface area contributed by atoms with Gasteiger partial charge in [-0.1, -0.05) is 32.1 Å². The van der Waals surface area contributed by atoms with Crippen molar-refractivity contribution in [2.45, 2.75) is 63.8 Å². The second kappa shape index (κ2) is 11.1. The third kappa shape index (κ3) is 5.98. The summed E-state index contributed by atoms with van der Waals surface area (Å²) >= 11 is 0. The van der Waals surface area contributed by atoms with Gasteiger partial charge in [-0.15, -0.1) is 0 Å². The molecule has 1 saturated heterocycles. The SMILES string of the molecule is CS(=O)(=O)N(CCN1CCCCC1)c1ccc(Nc2ncc3cnn(C4CCCCCC4)c3n2)cc1. The van der Waals surface area contributed by atoms with E-state index in [-0.39, 0.29) is 0 Å². The average molecular weight is 512 g/mol. The molecule has 0 bridgehead atoms. The van der Waals surface area contributed by atoms with E-state index in [4.69, 9.17) is 4.98 Å². The Morgan fingerprint density at radius 3 is 2.36 bits per heavy atom. The Balaban J connectivity index is 1.29. The first-order valence-electron chi connectivity index (χ1n) is 13.2. The molecule has 0 atom stereocenters. The first kappa shape index (κ1) is 25.0. The molecule has 36 heavy (non-hydrogen) atoms. The van der Waals surface area contributed by atoms with Crippen molar-refractivity contribution in [1.29, 1.82) is 0 Å². The maximum absolute atomic E-state index is 12.5. The molecule has 0 amide bonds. The number of piperidine rings is 1. The molecule has 1 saturated carbocycles. The number of hydrogen-bond acceptors (Lipinski definition) is 7. The summed E-state index contributed by atoms with van der Waals surface area (Å²) in [5.74, 6) is 0.510. The van der Waals surface area contributed by atoms with Crippen molar-refractivity contribution in [3.05, 3.63) is 36.7 Å². The lowest BCUT2D eigenvalue weighted by Gasteiger charge is -2.30. The highest BCUT2D eigenvalue weighted by atomic mass is 32.2. The molecule has 5 rings (SSSR count). The maximum atomic E-state index is 12.5. The zero-order chi connectivity index (χ0) is 25.0. The van der Waals surface area contributed by atoms with Gasteiger partial charge < -0.3 is 10.2 Å². The highest BCUT2D eigenvalue weighted by Gasteiger charge is 2.20. The molecule has 1 aliphatic carbocycles. The minimum absolute atomic E-state index is 0.388. The lowest BCUT2D eigenvalue weighted by Crippen LogP contribution is -2.40. The standard InChI is InChI=1S/C26H37N7O2S/c1-36(34,35)32(18-17-31-15-7-4-8-16-31)23-13-11-22(12-14-23)29-26-27-19-21-20-28-33(25(21)30-26)24-9-5-2-3-6-10-24/h11-14,19-20,24H,2-10,15-18H2,1H3,(H,27,29,30). The second-order valence-electron chi connectivity index (χ2n) is 10.1. The Labute approximate surface area is 214 Å².